The van der Waals surface area contributed by atoms with Gasteiger partial charge in [0.05, 0.1) is 24.8 Å². The largest absolute Gasteiger partial charge is 0.379 e. The van der Waals surface area contributed by atoms with Crippen molar-refractivity contribution in [3.63, 3.8) is 0 Å². The molecule has 8 heteroatoms. The standard InChI is InChI=1S/C20H27N7O/c1-15-5-3-6-16(13-15)23-18-17-14-22-26(2)19(17)25-20(24-18)21-7-4-8-27-9-11-28-12-10-27/h3,5-6,13-14H,4,7-12H2,1-2H3,(H2,21,23,24,25). The van der Waals surface area contributed by atoms with Crippen LogP contribution in [0, 0.1) is 6.92 Å². The van der Waals surface area contributed by atoms with Crippen LogP contribution in [0.3, 0.4) is 0 Å². The van der Waals surface area contributed by atoms with Gasteiger partial charge >= 0.3 is 0 Å². The highest BCUT2D eigenvalue weighted by atomic mass is 16.5. The van der Waals surface area contributed by atoms with Gasteiger partial charge < -0.3 is 15.4 Å². The molecule has 2 aromatic heterocycles. The summed E-state index contributed by atoms with van der Waals surface area (Å²) in [6.45, 7) is 7.66. The number of morpholine rings is 1. The van der Waals surface area contributed by atoms with Gasteiger partial charge in [-0.3, -0.25) is 9.58 Å². The number of nitrogens with one attached hydrogen (secondary N) is 2. The first-order valence-corrected chi connectivity index (χ1v) is 9.76. The third-order valence-electron chi connectivity index (χ3n) is 4.91. The molecule has 1 aliphatic heterocycles. The SMILES string of the molecule is Cc1cccc(Nc2nc(NCCCN3CCOCC3)nc3c2cnn3C)c1. The second-order valence-corrected chi connectivity index (χ2v) is 7.13. The van der Waals surface area contributed by atoms with Crippen LogP contribution in [0.1, 0.15) is 12.0 Å². The van der Waals surface area contributed by atoms with Gasteiger partial charge in [-0.25, -0.2) is 0 Å². The molecule has 0 amide bonds. The van der Waals surface area contributed by atoms with Gasteiger partial charge in [-0.15, -0.1) is 0 Å². The zero-order valence-electron chi connectivity index (χ0n) is 16.5. The number of nitrogens with zero attached hydrogens (tertiary/aromatic N) is 5. The first-order chi connectivity index (χ1) is 13.7. The summed E-state index contributed by atoms with van der Waals surface area (Å²) < 4.78 is 7.17. The minimum Gasteiger partial charge on any atom is -0.379 e. The van der Waals surface area contributed by atoms with Crippen molar-refractivity contribution in [3.8, 4) is 0 Å². The van der Waals surface area contributed by atoms with Crippen LogP contribution in [0.2, 0.25) is 0 Å². The summed E-state index contributed by atoms with van der Waals surface area (Å²) in [7, 11) is 1.90. The van der Waals surface area contributed by atoms with Crippen molar-refractivity contribution in [1.29, 1.82) is 0 Å². The number of rotatable bonds is 7. The maximum absolute atomic E-state index is 5.40. The summed E-state index contributed by atoms with van der Waals surface area (Å²) in [5.74, 6) is 1.38. The molecule has 1 aromatic carbocycles. The van der Waals surface area contributed by atoms with E-state index in [9.17, 15) is 0 Å². The predicted molar refractivity (Wildman–Crippen MR) is 111 cm³/mol. The van der Waals surface area contributed by atoms with E-state index < -0.39 is 0 Å². The fourth-order valence-electron chi connectivity index (χ4n) is 3.38. The molecule has 3 aromatic rings. The summed E-state index contributed by atoms with van der Waals surface area (Å²) in [5.41, 5.74) is 3.01. The lowest BCUT2D eigenvalue weighted by molar-refractivity contribution is 0.0378. The molecule has 8 nitrogen and oxygen atoms in total. The Morgan fingerprint density at radius 2 is 2.04 bits per heavy atom. The van der Waals surface area contributed by atoms with Crippen molar-refractivity contribution in [2.45, 2.75) is 13.3 Å². The van der Waals surface area contributed by atoms with Gasteiger partial charge in [-0.05, 0) is 37.6 Å². The smallest absolute Gasteiger partial charge is 0.226 e. The maximum atomic E-state index is 5.40. The predicted octanol–water partition coefficient (Wildman–Crippen LogP) is 2.55. The van der Waals surface area contributed by atoms with E-state index in [4.69, 9.17) is 9.72 Å². The third-order valence-corrected chi connectivity index (χ3v) is 4.91. The minimum absolute atomic E-state index is 0.619. The summed E-state index contributed by atoms with van der Waals surface area (Å²) in [4.78, 5) is 11.8. The van der Waals surface area contributed by atoms with Crippen molar-refractivity contribution >= 4 is 28.5 Å². The molecule has 0 bridgehead atoms. The fraction of sp³-hybridized carbons (Fsp3) is 0.450. The normalized spacial score (nSPS) is 15.1. The summed E-state index contributed by atoms with van der Waals surface area (Å²) in [5, 5.41) is 12.0. The molecular weight excluding hydrogens is 354 g/mol. The maximum Gasteiger partial charge on any atom is 0.226 e. The Morgan fingerprint density at radius 1 is 1.18 bits per heavy atom. The number of aromatic nitrogens is 4. The number of fused-ring (bicyclic) bond motifs is 1. The van der Waals surface area contributed by atoms with Crippen LogP contribution in [0.4, 0.5) is 17.5 Å². The Balaban J connectivity index is 1.46. The zero-order valence-corrected chi connectivity index (χ0v) is 16.5. The molecule has 1 fully saturated rings. The Hall–Kier alpha value is -2.71. The third kappa shape index (κ3) is 4.40. The van der Waals surface area contributed by atoms with Gasteiger partial charge in [0.1, 0.15) is 5.82 Å². The quantitative estimate of drug-likeness (QED) is 0.609. The number of anilines is 3. The van der Waals surface area contributed by atoms with E-state index in [1.807, 2.05) is 19.2 Å². The van der Waals surface area contributed by atoms with Crippen LogP contribution in [0.25, 0.3) is 11.0 Å². The molecule has 0 radical (unpaired) electrons. The van der Waals surface area contributed by atoms with Gasteiger partial charge in [0.15, 0.2) is 5.65 Å². The molecule has 148 valence electrons. The molecule has 28 heavy (non-hydrogen) atoms. The van der Waals surface area contributed by atoms with Gasteiger partial charge in [0.25, 0.3) is 0 Å². The number of benzene rings is 1. The number of hydrogen-bond acceptors (Lipinski definition) is 7. The van der Waals surface area contributed by atoms with Gasteiger partial charge in [0.2, 0.25) is 5.95 Å². The van der Waals surface area contributed by atoms with Crippen molar-refractivity contribution in [1.82, 2.24) is 24.6 Å². The van der Waals surface area contributed by atoms with Crippen molar-refractivity contribution in [3.05, 3.63) is 36.0 Å². The van der Waals surface area contributed by atoms with E-state index >= 15 is 0 Å². The van der Waals surface area contributed by atoms with Crippen LogP contribution in [-0.2, 0) is 11.8 Å². The summed E-state index contributed by atoms with van der Waals surface area (Å²) in [6.07, 6.45) is 2.84. The number of ether oxygens (including phenoxy) is 1. The Bertz CT molecular complexity index is 933. The average Bonchev–Trinajstić information content (AvgIpc) is 3.07. The summed E-state index contributed by atoms with van der Waals surface area (Å²) >= 11 is 0. The Morgan fingerprint density at radius 3 is 2.86 bits per heavy atom. The van der Waals surface area contributed by atoms with E-state index in [1.54, 1.807) is 10.9 Å². The number of aryl methyl sites for hydroxylation is 2. The van der Waals surface area contributed by atoms with Crippen molar-refractivity contribution in [2.75, 3.05) is 50.0 Å². The lowest BCUT2D eigenvalue weighted by Crippen LogP contribution is -2.37. The molecule has 3 heterocycles. The second kappa shape index (κ2) is 8.53. The van der Waals surface area contributed by atoms with E-state index in [2.05, 4.69) is 44.7 Å². The van der Waals surface area contributed by atoms with Crippen LogP contribution in [0.5, 0.6) is 0 Å². The highest BCUT2D eigenvalue weighted by molar-refractivity contribution is 5.89. The molecule has 0 aliphatic carbocycles. The van der Waals surface area contributed by atoms with Crippen molar-refractivity contribution < 1.29 is 4.74 Å². The van der Waals surface area contributed by atoms with Crippen LogP contribution < -0.4 is 10.6 Å². The molecule has 0 saturated carbocycles. The molecule has 1 saturated heterocycles. The minimum atomic E-state index is 0.619. The fourth-order valence-corrected chi connectivity index (χ4v) is 3.38. The van der Waals surface area contributed by atoms with Gasteiger partial charge in [-0.1, -0.05) is 12.1 Å². The number of hydrogen-bond donors (Lipinski definition) is 2. The summed E-state index contributed by atoms with van der Waals surface area (Å²) in [6, 6.07) is 8.24. The second-order valence-electron chi connectivity index (χ2n) is 7.13. The Kier molecular flexibility index (Phi) is 5.68. The lowest BCUT2D eigenvalue weighted by atomic mass is 10.2. The zero-order chi connectivity index (χ0) is 19.3. The topological polar surface area (TPSA) is 80.1 Å². The molecule has 4 rings (SSSR count). The average molecular weight is 381 g/mol. The van der Waals surface area contributed by atoms with Crippen LogP contribution in [-0.4, -0.2) is 64.0 Å². The molecular formula is C20H27N7O. The van der Waals surface area contributed by atoms with E-state index in [1.165, 1.54) is 5.56 Å². The van der Waals surface area contributed by atoms with E-state index in [0.717, 1.165) is 68.4 Å². The molecule has 0 spiro atoms. The van der Waals surface area contributed by atoms with E-state index in [-0.39, 0.29) is 0 Å². The van der Waals surface area contributed by atoms with Crippen molar-refractivity contribution in [2.24, 2.45) is 7.05 Å². The molecule has 2 N–H and O–H groups in total. The highest BCUT2D eigenvalue weighted by Gasteiger charge is 2.13. The van der Waals surface area contributed by atoms with Gasteiger partial charge in [0, 0.05) is 32.4 Å². The first-order valence-electron chi connectivity index (χ1n) is 9.76. The molecule has 0 unspecified atom stereocenters. The van der Waals surface area contributed by atoms with Crippen LogP contribution in [0.15, 0.2) is 30.5 Å². The van der Waals surface area contributed by atoms with E-state index in [0.29, 0.717) is 5.95 Å². The monoisotopic (exact) mass is 381 g/mol. The first kappa shape index (κ1) is 18.6. The van der Waals surface area contributed by atoms with Crippen LogP contribution >= 0.6 is 0 Å². The van der Waals surface area contributed by atoms with Gasteiger partial charge in [-0.2, -0.15) is 15.1 Å². The Labute approximate surface area is 164 Å². The molecule has 0 atom stereocenters. The highest BCUT2D eigenvalue weighted by Crippen LogP contribution is 2.25. The molecule has 1 aliphatic rings. The lowest BCUT2D eigenvalue weighted by Gasteiger charge is -2.26.